The summed E-state index contributed by atoms with van der Waals surface area (Å²) in [6.07, 6.45) is 0. The van der Waals surface area contributed by atoms with Gasteiger partial charge in [-0.05, 0) is 25.1 Å². The zero-order valence-electron chi connectivity index (χ0n) is 8.90. The summed E-state index contributed by atoms with van der Waals surface area (Å²) < 4.78 is 17.7. The first-order chi connectivity index (χ1) is 8.06. The molecule has 0 saturated heterocycles. The number of hydrogen-bond acceptors (Lipinski definition) is 5. The molecule has 3 N–H and O–H groups in total. The third-order valence-corrected chi connectivity index (χ3v) is 2.01. The van der Waals surface area contributed by atoms with Crippen LogP contribution in [0.4, 0.5) is 16.1 Å². The molecular weight excluding hydrogens is 227 g/mol. The van der Waals surface area contributed by atoms with Gasteiger partial charge in [-0.1, -0.05) is 5.16 Å². The number of aryl methyl sites for hydroxylation is 1. The minimum Gasteiger partial charge on any atom is -0.398 e. The van der Waals surface area contributed by atoms with Gasteiger partial charge >= 0.3 is 6.01 Å². The maximum absolute atomic E-state index is 13.0. The Bertz CT molecular complexity index is 567. The number of hydrogen-bond donors (Lipinski definition) is 2. The molecule has 1 amide bonds. The Kier molecular flexibility index (Phi) is 2.73. The zero-order valence-corrected chi connectivity index (χ0v) is 8.90. The highest BCUT2D eigenvalue weighted by Gasteiger charge is 2.13. The topological polar surface area (TPSA) is 94.0 Å². The second-order valence-corrected chi connectivity index (χ2v) is 3.33. The minimum absolute atomic E-state index is 0.0147. The normalized spacial score (nSPS) is 10.2. The number of benzene rings is 1. The molecule has 1 heterocycles. The molecule has 88 valence electrons. The number of halogens is 1. The van der Waals surface area contributed by atoms with Crippen LogP contribution in [0.1, 0.15) is 16.2 Å². The Labute approximate surface area is 95.6 Å². The van der Waals surface area contributed by atoms with Crippen LogP contribution in [0.5, 0.6) is 0 Å². The van der Waals surface area contributed by atoms with Gasteiger partial charge in [0.15, 0.2) is 5.82 Å². The maximum atomic E-state index is 13.0. The van der Waals surface area contributed by atoms with Crippen molar-refractivity contribution in [3.8, 4) is 0 Å². The maximum Gasteiger partial charge on any atom is 0.328 e. The fraction of sp³-hybridized carbons (Fsp3) is 0.100. The number of amides is 1. The van der Waals surface area contributed by atoms with Gasteiger partial charge < -0.3 is 10.3 Å². The molecule has 0 spiro atoms. The van der Waals surface area contributed by atoms with Crippen molar-refractivity contribution >= 4 is 17.6 Å². The molecule has 0 aliphatic heterocycles. The van der Waals surface area contributed by atoms with Crippen molar-refractivity contribution < 1.29 is 13.7 Å². The summed E-state index contributed by atoms with van der Waals surface area (Å²) >= 11 is 0. The monoisotopic (exact) mass is 236 g/mol. The third-order valence-electron chi connectivity index (χ3n) is 2.01. The lowest BCUT2D eigenvalue weighted by Gasteiger charge is -2.03. The van der Waals surface area contributed by atoms with Gasteiger partial charge in [0, 0.05) is 5.69 Å². The quantitative estimate of drug-likeness (QED) is 0.767. The summed E-state index contributed by atoms with van der Waals surface area (Å²) in [5.74, 6) is -0.774. The Morgan fingerprint density at radius 2 is 2.29 bits per heavy atom. The van der Waals surface area contributed by atoms with Crippen molar-refractivity contribution in [1.29, 1.82) is 0 Å². The van der Waals surface area contributed by atoms with E-state index in [1.807, 2.05) is 0 Å². The van der Waals surface area contributed by atoms with Crippen molar-refractivity contribution in [1.82, 2.24) is 10.1 Å². The van der Waals surface area contributed by atoms with Crippen molar-refractivity contribution in [2.24, 2.45) is 0 Å². The highest BCUT2D eigenvalue weighted by molar-refractivity contribution is 6.06. The lowest BCUT2D eigenvalue weighted by molar-refractivity contribution is 0.102. The van der Waals surface area contributed by atoms with Crippen molar-refractivity contribution in [2.75, 3.05) is 11.1 Å². The van der Waals surface area contributed by atoms with E-state index in [-0.39, 0.29) is 17.3 Å². The van der Waals surface area contributed by atoms with Crippen LogP contribution in [0.15, 0.2) is 22.7 Å². The second kappa shape index (κ2) is 4.20. The zero-order chi connectivity index (χ0) is 12.4. The lowest BCUT2D eigenvalue weighted by Crippen LogP contribution is -2.14. The van der Waals surface area contributed by atoms with E-state index in [0.717, 1.165) is 6.07 Å². The standard InChI is InChI=1S/C10H9FN4O2/c1-5-13-10(17-15-5)14-9(16)7-4-6(11)2-3-8(7)12/h2-4H,12H2,1H3,(H,13,14,15,16). The molecule has 0 atom stereocenters. The molecule has 0 aliphatic rings. The number of carbonyl (C=O) groups is 1. The number of nitrogens with zero attached hydrogens (tertiary/aromatic N) is 2. The number of rotatable bonds is 2. The van der Waals surface area contributed by atoms with Gasteiger partial charge in [-0.3, -0.25) is 10.1 Å². The number of carbonyl (C=O) groups excluding carboxylic acids is 1. The highest BCUT2D eigenvalue weighted by Crippen LogP contribution is 2.15. The van der Waals surface area contributed by atoms with Crippen LogP contribution < -0.4 is 11.1 Å². The van der Waals surface area contributed by atoms with E-state index in [1.165, 1.54) is 12.1 Å². The van der Waals surface area contributed by atoms with E-state index >= 15 is 0 Å². The molecule has 1 aromatic carbocycles. The molecule has 0 unspecified atom stereocenters. The van der Waals surface area contributed by atoms with Crippen LogP contribution in [0.2, 0.25) is 0 Å². The van der Waals surface area contributed by atoms with E-state index in [9.17, 15) is 9.18 Å². The summed E-state index contributed by atoms with van der Waals surface area (Å²) in [5.41, 5.74) is 5.74. The smallest absolute Gasteiger partial charge is 0.328 e. The Balaban J connectivity index is 2.22. The predicted molar refractivity (Wildman–Crippen MR) is 57.8 cm³/mol. The van der Waals surface area contributed by atoms with Crippen LogP contribution in [0.25, 0.3) is 0 Å². The van der Waals surface area contributed by atoms with Crippen LogP contribution in [-0.2, 0) is 0 Å². The van der Waals surface area contributed by atoms with Crippen molar-refractivity contribution in [2.45, 2.75) is 6.92 Å². The van der Waals surface area contributed by atoms with Crippen LogP contribution in [0, 0.1) is 12.7 Å². The summed E-state index contributed by atoms with van der Waals surface area (Å²) in [7, 11) is 0. The van der Waals surface area contributed by atoms with E-state index in [4.69, 9.17) is 10.3 Å². The number of anilines is 2. The first-order valence-corrected chi connectivity index (χ1v) is 4.73. The molecule has 0 aliphatic carbocycles. The van der Waals surface area contributed by atoms with Crippen LogP contribution >= 0.6 is 0 Å². The fourth-order valence-electron chi connectivity index (χ4n) is 1.24. The van der Waals surface area contributed by atoms with Gasteiger partial charge in [0.25, 0.3) is 5.91 Å². The number of nitrogens with one attached hydrogen (secondary N) is 1. The van der Waals surface area contributed by atoms with E-state index < -0.39 is 11.7 Å². The Hall–Kier alpha value is -2.44. The van der Waals surface area contributed by atoms with Crippen LogP contribution in [-0.4, -0.2) is 16.0 Å². The first kappa shape index (κ1) is 11.1. The van der Waals surface area contributed by atoms with Gasteiger partial charge in [-0.25, -0.2) is 4.39 Å². The SMILES string of the molecule is Cc1noc(NC(=O)c2cc(F)ccc2N)n1. The fourth-order valence-corrected chi connectivity index (χ4v) is 1.24. The molecule has 7 heteroatoms. The number of aromatic nitrogens is 2. The average molecular weight is 236 g/mol. The minimum atomic E-state index is -0.606. The molecular formula is C10H9FN4O2. The molecule has 17 heavy (non-hydrogen) atoms. The molecule has 0 saturated carbocycles. The second-order valence-electron chi connectivity index (χ2n) is 3.33. The van der Waals surface area contributed by atoms with Crippen molar-refractivity contribution in [3.63, 3.8) is 0 Å². The van der Waals surface area contributed by atoms with Gasteiger partial charge in [0.1, 0.15) is 5.82 Å². The molecule has 1 aromatic heterocycles. The van der Waals surface area contributed by atoms with Gasteiger partial charge in [-0.15, -0.1) is 0 Å². The van der Waals surface area contributed by atoms with Gasteiger partial charge in [-0.2, -0.15) is 4.98 Å². The third kappa shape index (κ3) is 2.39. The molecule has 2 rings (SSSR count). The molecule has 0 bridgehead atoms. The molecule has 2 aromatic rings. The summed E-state index contributed by atoms with van der Waals surface area (Å²) in [4.78, 5) is 15.5. The first-order valence-electron chi connectivity index (χ1n) is 4.73. The van der Waals surface area contributed by atoms with Gasteiger partial charge in [0.2, 0.25) is 0 Å². The van der Waals surface area contributed by atoms with Crippen molar-refractivity contribution in [3.05, 3.63) is 35.4 Å². The largest absolute Gasteiger partial charge is 0.398 e. The van der Waals surface area contributed by atoms with E-state index in [0.29, 0.717) is 5.82 Å². The molecule has 6 nitrogen and oxygen atoms in total. The average Bonchev–Trinajstić information content (AvgIpc) is 2.67. The molecule has 0 radical (unpaired) electrons. The lowest BCUT2D eigenvalue weighted by atomic mass is 10.1. The van der Waals surface area contributed by atoms with E-state index in [2.05, 4.69) is 15.5 Å². The van der Waals surface area contributed by atoms with Crippen LogP contribution in [0.3, 0.4) is 0 Å². The molecule has 0 fully saturated rings. The van der Waals surface area contributed by atoms with E-state index in [1.54, 1.807) is 6.92 Å². The summed E-state index contributed by atoms with van der Waals surface area (Å²) in [5, 5.41) is 5.82. The predicted octanol–water partition coefficient (Wildman–Crippen LogP) is 1.35. The summed E-state index contributed by atoms with van der Waals surface area (Å²) in [6, 6.07) is 3.45. The number of nitrogen functional groups attached to an aromatic ring is 1. The van der Waals surface area contributed by atoms with Gasteiger partial charge in [0.05, 0.1) is 5.56 Å². The number of nitrogens with two attached hydrogens (primary N) is 1. The summed E-state index contributed by atoms with van der Waals surface area (Å²) in [6.45, 7) is 1.61. The Morgan fingerprint density at radius 1 is 1.53 bits per heavy atom. The Morgan fingerprint density at radius 3 is 2.94 bits per heavy atom. The highest BCUT2D eigenvalue weighted by atomic mass is 19.1.